The van der Waals surface area contributed by atoms with Crippen molar-refractivity contribution in [2.24, 2.45) is 0 Å². The molecule has 0 atom stereocenters. The molecular formula is C48H32N6O6S2. The van der Waals surface area contributed by atoms with Crippen LogP contribution < -0.4 is 33.0 Å². The van der Waals surface area contributed by atoms with E-state index in [4.69, 9.17) is 8.83 Å². The smallest absolute Gasteiger partial charge is 0.345 e. The molecule has 6 heterocycles. The number of H-pyrrole nitrogens is 2. The maximum absolute atomic E-state index is 12.7. The first-order chi connectivity index (χ1) is 30.3. The SMILES string of the molecule is O=c1cc(CNc2nc(-c3cc4c(ccc5ccccc54)oc3=O)cs2)c2ccccc2[nH]1.O=c1cc(CNc2nc(-c3cc4ccccc4oc3=O)cs2)c2ccccc2[nH]1. The van der Waals surface area contributed by atoms with Crippen molar-refractivity contribution in [2.45, 2.75) is 13.1 Å². The molecule has 0 radical (unpaired) electrons. The maximum Gasteiger partial charge on any atom is 0.345 e. The molecule has 0 fully saturated rings. The zero-order chi connectivity index (χ0) is 42.2. The normalized spacial score (nSPS) is 11.3. The second kappa shape index (κ2) is 16.3. The van der Waals surface area contributed by atoms with E-state index in [1.54, 1.807) is 24.3 Å². The highest BCUT2D eigenvalue weighted by atomic mass is 32.1. The van der Waals surface area contributed by atoms with Gasteiger partial charge >= 0.3 is 11.3 Å². The Labute approximate surface area is 357 Å². The van der Waals surface area contributed by atoms with Crippen molar-refractivity contribution in [3.8, 4) is 22.5 Å². The van der Waals surface area contributed by atoms with Gasteiger partial charge in [-0.15, -0.1) is 22.7 Å². The molecule has 0 spiro atoms. The number of benzene rings is 5. The lowest BCUT2D eigenvalue weighted by Crippen LogP contribution is -2.09. The van der Waals surface area contributed by atoms with Crippen molar-refractivity contribution in [3.05, 3.63) is 197 Å². The zero-order valence-electron chi connectivity index (χ0n) is 32.4. The lowest BCUT2D eigenvalue weighted by molar-refractivity contribution is 0.563. The Morgan fingerprint density at radius 1 is 0.484 bits per heavy atom. The van der Waals surface area contributed by atoms with E-state index in [2.05, 4.69) is 30.6 Å². The third kappa shape index (κ3) is 7.67. The average Bonchev–Trinajstić information content (AvgIpc) is 3.97. The van der Waals surface area contributed by atoms with E-state index >= 15 is 0 Å². The van der Waals surface area contributed by atoms with Gasteiger partial charge in [0.15, 0.2) is 10.3 Å². The molecule has 6 aromatic heterocycles. The number of aromatic amines is 2. The van der Waals surface area contributed by atoms with Crippen LogP contribution in [0.15, 0.2) is 172 Å². The van der Waals surface area contributed by atoms with Gasteiger partial charge in [-0.25, -0.2) is 19.6 Å². The van der Waals surface area contributed by atoms with Gasteiger partial charge in [-0.2, -0.15) is 0 Å². The summed E-state index contributed by atoms with van der Waals surface area (Å²) in [6, 6.07) is 41.3. The van der Waals surface area contributed by atoms with Gasteiger partial charge in [-0.05, 0) is 58.3 Å². The van der Waals surface area contributed by atoms with Gasteiger partial charge in [0.2, 0.25) is 11.1 Å². The largest absolute Gasteiger partial charge is 0.422 e. The molecule has 12 nitrogen and oxygen atoms in total. The molecule has 302 valence electrons. The number of aromatic nitrogens is 4. The van der Waals surface area contributed by atoms with Crippen molar-refractivity contribution >= 4 is 87.5 Å². The molecule has 0 aliphatic carbocycles. The molecule has 0 saturated carbocycles. The number of para-hydroxylation sites is 3. The maximum atomic E-state index is 12.7. The Hall–Kier alpha value is -7.94. The Bertz CT molecular complexity index is 3730. The highest BCUT2D eigenvalue weighted by Gasteiger charge is 2.15. The summed E-state index contributed by atoms with van der Waals surface area (Å²) in [5.41, 5.74) is 5.29. The molecule has 14 heteroatoms. The van der Waals surface area contributed by atoms with Crippen molar-refractivity contribution in [2.75, 3.05) is 10.6 Å². The van der Waals surface area contributed by atoms with E-state index in [0.29, 0.717) is 57.0 Å². The van der Waals surface area contributed by atoms with Crippen molar-refractivity contribution in [1.29, 1.82) is 0 Å². The fraction of sp³-hybridized carbons (Fsp3) is 0.0417. The first-order valence-corrected chi connectivity index (χ1v) is 21.2. The van der Waals surface area contributed by atoms with Crippen LogP contribution >= 0.6 is 22.7 Å². The van der Waals surface area contributed by atoms with Crippen LogP contribution in [-0.4, -0.2) is 19.9 Å². The minimum atomic E-state index is -0.421. The third-order valence-corrected chi connectivity index (χ3v) is 12.0. The summed E-state index contributed by atoms with van der Waals surface area (Å²) < 4.78 is 11.0. The van der Waals surface area contributed by atoms with E-state index in [1.165, 1.54) is 22.7 Å². The van der Waals surface area contributed by atoms with Crippen LogP contribution in [0.5, 0.6) is 0 Å². The predicted molar refractivity (Wildman–Crippen MR) is 248 cm³/mol. The molecule has 0 saturated heterocycles. The number of hydrogen-bond donors (Lipinski definition) is 4. The summed E-state index contributed by atoms with van der Waals surface area (Å²) in [5.74, 6) is 0. The molecular weight excluding hydrogens is 821 g/mol. The van der Waals surface area contributed by atoms with E-state index < -0.39 is 11.3 Å². The Morgan fingerprint density at radius 3 is 1.60 bits per heavy atom. The van der Waals surface area contributed by atoms with Crippen LogP contribution in [0.2, 0.25) is 0 Å². The number of anilines is 2. The first kappa shape index (κ1) is 38.3. The van der Waals surface area contributed by atoms with Gasteiger partial charge in [-0.3, -0.25) is 9.59 Å². The van der Waals surface area contributed by atoms with Gasteiger partial charge in [0.25, 0.3) is 0 Å². The minimum Gasteiger partial charge on any atom is -0.422 e. The van der Waals surface area contributed by atoms with Crippen LogP contribution in [0.3, 0.4) is 0 Å². The van der Waals surface area contributed by atoms with E-state index in [0.717, 1.165) is 54.5 Å². The molecule has 5 aromatic carbocycles. The molecule has 0 aliphatic heterocycles. The fourth-order valence-electron chi connectivity index (χ4n) is 7.44. The van der Waals surface area contributed by atoms with Gasteiger partial charge in [0.05, 0.1) is 22.5 Å². The van der Waals surface area contributed by atoms with Gasteiger partial charge in [-0.1, -0.05) is 84.9 Å². The molecule has 0 unspecified atom stereocenters. The number of hydrogen-bond acceptors (Lipinski definition) is 12. The summed E-state index contributed by atoms with van der Waals surface area (Å²) in [6.07, 6.45) is 0. The summed E-state index contributed by atoms with van der Waals surface area (Å²) in [4.78, 5) is 63.7. The molecule has 11 rings (SSSR count). The Kier molecular flexibility index (Phi) is 10.0. The van der Waals surface area contributed by atoms with Crippen molar-refractivity contribution < 1.29 is 8.83 Å². The monoisotopic (exact) mass is 852 g/mol. The number of nitrogens with one attached hydrogen (secondary N) is 4. The van der Waals surface area contributed by atoms with E-state index in [9.17, 15) is 19.2 Å². The standard InChI is InChI=1S/C26H17N3O3S.C22H15N3O3S/c30-24-11-16(18-7-3-4-8-21(18)28-24)13-27-26-29-22(14-33-26)20-12-19-17-6-2-1-5-15(17)9-10-23(19)32-25(20)31;26-20-10-14(15-6-2-3-7-17(15)24-20)11-23-22-25-18(12-29-22)16-9-13-5-1-4-8-19(13)28-21(16)27/h1-12,14H,13H2,(H,27,29)(H,28,30);1-10,12H,11H2,(H,23,25)(H,24,26). The molecule has 0 bridgehead atoms. The number of nitrogens with zero attached hydrogens (tertiary/aromatic N) is 2. The topological polar surface area (TPSA) is 176 Å². The summed E-state index contributed by atoms with van der Waals surface area (Å²) in [6.45, 7) is 0.887. The Morgan fingerprint density at radius 2 is 0.984 bits per heavy atom. The molecule has 62 heavy (non-hydrogen) atoms. The van der Waals surface area contributed by atoms with Gasteiger partial charge in [0, 0.05) is 68.6 Å². The van der Waals surface area contributed by atoms with Crippen LogP contribution in [0, 0.1) is 0 Å². The number of pyridine rings is 2. The van der Waals surface area contributed by atoms with Gasteiger partial charge < -0.3 is 29.4 Å². The molecule has 0 aliphatic rings. The number of thiazole rings is 2. The fourth-order valence-corrected chi connectivity index (χ4v) is 8.85. The second-order valence-corrected chi connectivity index (χ2v) is 16.0. The van der Waals surface area contributed by atoms with Crippen molar-refractivity contribution in [3.63, 3.8) is 0 Å². The molecule has 4 N–H and O–H groups in total. The van der Waals surface area contributed by atoms with E-state index in [1.807, 2.05) is 120 Å². The van der Waals surface area contributed by atoms with E-state index in [-0.39, 0.29) is 11.1 Å². The van der Waals surface area contributed by atoms with Crippen LogP contribution in [-0.2, 0) is 13.1 Å². The summed E-state index contributed by atoms with van der Waals surface area (Å²) >= 11 is 2.80. The summed E-state index contributed by atoms with van der Waals surface area (Å²) in [5, 5.41) is 17.3. The quantitative estimate of drug-likeness (QED) is 0.0850. The molecule has 11 aromatic rings. The minimum absolute atomic E-state index is 0.144. The first-order valence-electron chi connectivity index (χ1n) is 19.4. The number of rotatable bonds is 8. The average molecular weight is 853 g/mol. The van der Waals surface area contributed by atoms with Crippen LogP contribution in [0.25, 0.3) is 77.0 Å². The highest BCUT2D eigenvalue weighted by Crippen LogP contribution is 2.30. The second-order valence-electron chi connectivity index (χ2n) is 14.3. The lowest BCUT2D eigenvalue weighted by atomic mass is 10.0. The van der Waals surface area contributed by atoms with Gasteiger partial charge in [0.1, 0.15) is 11.2 Å². The number of fused-ring (bicyclic) bond motifs is 6. The third-order valence-electron chi connectivity index (χ3n) is 10.4. The van der Waals surface area contributed by atoms with Crippen molar-refractivity contribution in [1.82, 2.24) is 19.9 Å². The van der Waals surface area contributed by atoms with Crippen LogP contribution in [0.4, 0.5) is 10.3 Å². The highest BCUT2D eigenvalue weighted by molar-refractivity contribution is 7.14. The summed E-state index contributed by atoms with van der Waals surface area (Å²) in [7, 11) is 0. The predicted octanol–water partition coefficient (Wildman–Crippen LogP) is 9.89. The zero-order valence-corrected chi connectivity index (χ0v) is 34.1. The Balaban J connectivity index is 0.000000149. The molecule has 0 amide bonds. The lowest BCUT2D eigenvalue weighted by Gasteiger charge is -2.07. The van der Waals surface area contributed by atoms with Crippen LogP contribution in [0.1, 0.15) is 11.1 Å².